The van der Waals surface area contributed by atoms with E-state index in [2.05, 4.69) is 27.7 Å². The van der Waals surface area contributed by atoms with E-state index in [0.29, 0.717) is 19.3 Å². The normalized spacial score (nSPS) is 55.0. The fourth-order valence-electron chi connectivity index (χ4n) is 11.5. The Balaban J connectivity index is 0.00000561. The molecule has 54 heavy (non-hydrogen) atoms. The number of hydrogen-bond acceptors (Lipinski definition) is 12. The minimum absolute atomic E-state index is 0. The summed E-state index contributed by atoms with van der Waals surface area (Å²) in [6.07, 6.45) is 1.87. The van der Waals surface area contributed by atoms with E-state index in [1.54, 1.807) is 21.0 Å². The molecule has 0 aromatic heterocycles. The first-order valence-corrected chi connectivity index (χ1v) is 20.4. The molecule has 13 heteroatoms. The smallest absolute Gasteiger partial charge is 0.550 e. The van der Waals surface area contributed by atoms with Crippen molar-refractivity contribution in [1.29, 1.82) is 0 Å². The average Bonchev–Trinajstić information content (AvgIpc) is 3.78. The van der Waals surface area contributed by atoms with E-state index in [9.17, 15) is 25.2 Å². The second kappa shape index (κ2) is 15.9. The SMILES string of the molecule is COC1C(C)C(C(C)C2OC3(CCC(C)(C4CCC(C)(C5OC(C6OC(C)(O)C(C)CC6C)CC5C)O4)O3)CC(O)C2C)OC(O)(C(C)C(=O)[O-])C1C.[Na+]. The number of ether oxygens (including phenoxy) is 7. The molecule has 21 unspecified atom stereocenters. The Hall–Kier alpha value is 0.0700. The molecule has 0 aliphatic carbocycles. The molecule has 6 aliphatic heterocycles. The summed E-state index contributed by atoms with van der Waals surface area (Å²) < 4.78 is 46.3. The van der Waals surface area contributed by atoms with Gasteiger partial charge in [-0.05, 0) is 64.7 Å². The van der Waals surface area contributed by atoms with Crippen molar-refractivity contribution in [2.45, 2.75) is 199 Å². The van der Waals surface area contributed by atoms with Crippen LogP contribution in [0.3, 0.4) is 0 Å². The van der Waals surface area contributed by atoms with Crippen molar-refractivity contribution >= 4 is 5.97 Å². The maximum Gasteiger partial charge on any atom is 1.00 e. The number of carbonyl (C=O) groups is 1. The molecule has 6 rings (SSSR count). The Morgan fingerprint density at radius 3 is 2.13 bits per heavy atom. The number of carboxylic acid groups (broad SMARTS) is 1. The third-order valence-corrected chi connectivity index (χ3v) is 15.2. The van der Waals surface area contributed by atoms with Gasteiger partial charge in [-0.3, -0.25) is 0 Å². The molecule has 0 bridgehead atoms. The molecule has 0 saturated carbocycles. The van der Waals surface area contributed by atoms with Crippen molar-refractivity contribution in [2.75, 3.05) is 7.11 Å². The molecular weight excluding hydrogens is 707 g/mol. The van der Waals surface area contributed by atoms with Crippen molar-refractivity contribution in [3.05, 3.63) is 0 Å². The van der Waals surface area contributed by atoms with E-state index in [1.807, 2.05) is 27.7 Å². The van der Waals surface area contributed by atoms with E-state index in [4.69, 9.17) is 33.2 Å². The Morgan fingerprint density at radius 1 is 0.852 bits per heavy atom. The molecule has 0 aromatic carbocycles. The summed E-state index contributed by atoms with van der Waals surface area (Å²) >= 11 is 0. The summed E-state index contributed by atoms with van der Waals surface area (Å²) in [5, 5.41) is 46.2. The van der Waals surface area contributed by atoms with E-state index in [1.165, 1.54) is 6.92 Å². The van der Waals surface area contributed by atoms with Gasteiger partial charge in [-0.15, -0.1) is 0 Å². The first-order valence-electron chi connectivity index (χ1n) is 20.4. The Kier molecular flexibility index (Phi) is 13.3. The van der Waals surface area contributed by atoms with Crippen LogP contribution in [0.15, 0.2) is 0 Å². The van der Waals surface area contributed by atoms with Crippen LogP contribution in [0.1, 0.15) is 121 Å². The van der Waals surface area contributed by atoms with Gasteiger partial charge in [-0.1, -0.05) is 55.4 Å². The van der Waals surface area contributed by atoms with Crippen molar-refractivity contribution < 1.29 is 87.9 Å². The van der Waals surface area contributed by atoms with Gasteiger partial charge in [-0.25, -0.2) is 0 Å². The van der Waals surface area contributed by atoms with Crippen LogP contribution in [0.5, 0.6) is 0 Å². The first kappa shape index (κ1) is 45.2. The molecule has 0 amide bonds. The van der Waals surface area contributed by atoms with Gasteiger partial charge in [0.15, 0.2) is 17.4 Å². The Morgan fingerprint density at radius 2 is 1.50 bits per heavy atom. The number of aliphatic carboxylic acids is 1. The number of methoxy groups -OCH3 is 1. The fourth-order valence-corrected chi connectivity index (χ4v) is 11.5. The van der Waals surface area contributed by atoms with Gasteiger partial charge in [0.25, 0.3) is 0 Å². The van der Waals surface area contributed by atoms with Gasteiger partial charge >= 0.3 is 29.6 Å². The van der Waals surface area contributed by atoms with Gasteiger partial charge in [0.05, 0.1) is 66.0 Å². The fraction of sp³-hybridized carbons (Fsp3) is 0.976. The number of carbonyl (C=O) groups excluding carboxylic acids is 1. The van der Waals surface area contributed by atoms with Crippen LogP contribution < -0.4 is 34.7 Å². The molecule has 6 fully saturated rings. The molecule has 6 saturated heterocycles. The standard InChI is InChI=1S/C41H70O12.Na/c1-20-17-22(3)39(11,45)50-31(20)29-18-21(2)35(48-29)38(10)14-13-30(49-38)37(9)15-16-40(53-37)19-28(42)23(4)32(51-40)24(5)33-25(6)34(47-12)26(7)41(46,52-33)27(8)36(43)44;/h20-35,42,45-46H,13-19H2,1-12H3,(H,43,44);/q;+1/p-1. The van der Waals surface area contributed by atoms with Gasteiger partial charge in [0, 0.05) is 55.5 Å². The summed E-state index contributed by atoms with van der Waals surface area (Å²) in [5.41, 5.74) is -1.20. The molecule has 21 atom stereocenters. The second-order valence-electron chi connectivity index (χ2n) is 19.1. The largest absolute Gasteiger partial charge is 1.00 e. The zero-order valence-corrected chi connectivity index (χ0v) is 37.2. The van der Waals surface area contributed by atoms with Crippen molar-refractivity contribution in [3.8, 4) is 0 Å². The minimum atomic E-state index is -2.02. The summed E-state index contributed by atoms with van der Waals surface area (Å²) in [7, 11) is 1.56. The van der Waals surface area contributed by atoms with Gasteiger partial charge < -0.3 is 58.4 Å². The predicted octanol–water partition coefficient (Wildman–Crippen LogP) is 0.939. The van der Waals surface area contributed by atoms with Crippen molar-refractivity contribution in [3.63, 3.8) is 0 Å². The van der Waals surface area contributed by atoms with E-state index in [-0.39, 0.29) is 89.5 Å². The van der Waals surface area contributed by atoms with Gasteiger partial charge in [0.1, 0.15) is 0 Å². The third kappa shape index (κ3) is 7.79. The second-order valence-corrected chi connectivity index (χ2v) is 19.1. The molecule has 6 heterocycles. The van der Waals surface area contributed by atoms with Crippen LogP contribution in [-0.4, -0.2) is 106 Å². The molecule has 1 spiro atoms. The minimum Gasteiger partial charge on any atom is -0.550 e. The molecule has 0 aromatic rings. The van der Waals surface area contributed by atoms with Crippen molar-refractivity contribution in [1.82, 2.24) is 0 Å². The molecule has 6 aliphatic rings. The first-order chi connectivity index (χ1) is 24.5. The number of rotatable bonds is 8. The maximum atomic E-state index is 12.0. The van der Waals surface area contributed by atoms with Crippen LogP contribution >= 0.6 is 0 Å². The van der Waals surface area contributed by atoms with Gasteiger partial charge in [0.2, 0.25) is 0 Å². The molecule has 12 nitrogen and oxygen atoms in total. The molecule has 0 radical (unpaired) electrons. The zero-order valence-electron chi connectivity index (χ0n) is 35.2. The average molecular weight is 777 g/mol. The number of hydrogen-bond donors (Lipinski definition) is 3. The van der Waals surface area contributed by atoms with Crippen LogP contribution in [0.4, 0.5) is 0 Å². The van der Waals surface area contributed by atoms with Crippen LogP contribution in [0.25, 0.3) is 0 Å². The molecular formula is C41H69NaO12. The molecule has 306 valence electrons. The van der Waals surface area contributed by atoms with Gasteiger partial charge in [-0.2, -0.15) is 0 Å². The summed E-state index contributed by atoms with van der Waals surface area (Å²) in [6.45, 7) is 21.5. The van der Waals surface area contributed by atoms with E-state index < -0.39 is 70.8 Å². The topological polar surface area (TPSA) is 165 Å². The van der Waals surface area contributed by atoms with E-state index >= 15 is 0 Å². The number of aliphatic hydroxyl groups excluding tert-OH is 1. The Labute approximate surface area is 345 Å². The van der Waals surface area contributed by atoms with E-state index in [0.717, 1.165) is 25.7 Å². The monoisotopic (exact) mass is 776 g/mol. The quantitative estimate of drug-likeness (QED) is 0.300. The van der Waals surface area contributed by atoms with Crippen LogP contribution in [0.2, 0.25) is 0 Å². The predicted molar refractivity (Wildman–Crippen MR) is 192 cm³/mol. The maximum absolute atomic E-state index is 12.0. The number of carboxylic acids is 1. The Bertz CT molecular complexity index is 1340. The summed E-state index contributed by atoms with van der Waals surface area (Å²) in [5.74, 6) is -7.89. The number of aliphatic hydroxyl groups is 3. The van der Waals surface area contributed by atoms with Crippen LogP contribution in [0, 0.1) is 47.3 Å². The zero-order chi connectivity index (χ0) is 39.2. The molecule has 3 N–H and O–H groups in total. The van der Waals surface area contributed by atoms with Crippen molar-refractivity contribution in [2.24, 2.45) is 47.3 Å². The third-order valence-electron chi connectivity index (χ3n) is 15.2. The summed E-state index contributed by atoms with van der Waals surface area (Å²) in [6, 6.07) is 0. The van der Waals surface area contributed by atoms with Crippen LogP contribution in [-0.2, 0) is 38.0 Å². The summed E-state index contributed by atoms with van der Waals surface area (Å²) in [4.78, 5) is 12.0.